The minimum absolute atomic E-state index is 0.686. The SMILES string of the molecule is CC(C)Cc1c[nH]c(=S)n1C. The van der Waals surface area contributed by atoms with Gasteiger partial charge in [-0.15, -0.1) is 0 Å². The van der Waals surface area contributed by atoms with Gasteiger partial charge in [0.2, 0.25) is 0 Å². The van der Waals surface area contributed by atoms with Crippen LogP contribution in [0.4, 0.5) is 0 Å². The Hall–Kier alpha value is -0.570. The molecular weight excluding hydrogens is 156 g/mol. The highest BCUT2D eigenvalue weighted by atomic mass is 32.1. The van der Waals surface area contributed by atoms with Crippen LogP contribution in [0.25, 0.3) is 0 Å². The summed E-state index contributed by atoms with van der Waals surface area (Å²) in [7, 11) is 2.00. The predicted octanol–water partition coefficient (Wildman–Crippen LogP) is 2.28. The first-order chi connectivity index (χ1) is 5.11. The van der Waals surface area contributed by atoms with E-state index in [2.05, 4.69) is 18.8 Å². The van der Waals surface area contributed by atoms with Gasteiger partial charge >= 0.3 is 0 Å². The van der Waals surface area contributed by atoms with Crippen molar-refractivity contribution < 1.29 is 0 Å². The molecule has 3 heteroatoms. The Bertz CT molecular complexity index is 283. The Balaban J connectivity index is 2.87. The number of imidazole rings is 1. The van der Waals surface area contributed by atoms with Crippen LogP contribution in [0.15, 0.2) is 6.20 Å². The van der Waals surface area contributed by atoms with Crippen molar-refractivity contribution in [2.45, 2.75) is 20.3 Å². The van der Waals surface area contributed by atoms with Crippen LogP contribution >= 0.6 is 12.2 Å². The third-order valence-electron chi connectivity index (χ3n) is 1.72. The molecule has 0 aliphatic heterocycles. The minimum Gasteiger partial charge on any atom is -0.337 e. The van der Waals surface area contributed by atoms with Gasteiger partial charge in [0.1, 0.15) is 0 Å². The van der Waals surface area contributed by atoms with Crippen molar-refractivity contribution in [3.8, 4) is 0 Å². The molecule has 0 fully saturated rings. The summed E-state index contributed by atoms with van der Waals surface area (Å²) in [5, 5.41) is 0. The molecule has 1 N–H and O–H groups in total. The predicted molar refractivity (Wildman–Crippen MR) is 49.1 cm³/mol. The molecule has 0 saturated carbocycles. The fourth-order valence-electron chi connectivity index (χ4n) is 1.08. The Labute approximate surface area is 72.3 Å². The second-order valence-electron chi connectivity index (χ2n) is 3.24. The fraction of sp³-hybridized carbons (Fsp3) is 0.625. The molecule has 2 nitrogen and oxygen atoms in total. The topological polar surface area (TPSA) is 20.7 Å². The molecule has 62 valence electrons. The summed E-state index contributed by atoms with van der Waals surface area (Å²) in [4.78, 5) is 3.02. The average molecular weight is 170 g/mol. The first kappa shape index (κ1) is 8.53. The van der Waals surface area contributed by atoms with Crippen LogP contribution in [-0.4, -0.2) is 9.55 Å². The van der Waals surface area contributed by atoms with Crippen LogP contribution in [0, 0.1) is 10.7 Å². The number of hydrogen-bond acceptors (Lipinski definition) is 1. The molecule has 1 aromatic heterocycles. The molecule has 0 saturated heterocycles. The number of nitrogens with zero attached hydrogens (tertiary/aromatic N) is 1. The standard InChI is InChI=1S/C8H14N2S/c1-6(2)4-7-5-9-8(11)10(7)3/h5-6H,4H2,1-3H3,(H,9,11). The Morgan fingerprint density at radius 3 is 2.64 bits per heavy atom. The number of H-pyrrole nitrogens is 1. The van der Waals surface area contributed by atoms with Crippen LogP contribution in [0.3, 0.4) is 0 Å². The maximum Gasteiger partial charge on any atom is 0.177 e. The van der Waals surface area contributed by atoms with E-state index >= 15 is 0 Å². The summed E-state index contributed by atoms with van der Waals surface area (Å²) < 4.78 is 2.83. The van der Waals surface area contributed by atoms with Crippen LogP contribution < -0.4 is 0 Å². The van der Waals surface area contributed by atoms with Crippen molar-refractivity contribution in [2.75, 3.05) is 0 Å². The van der Waals surface area contributed by atoms with E-state index in [1.54, 1.807) is 0 Å². The van der Waals surface area contributed by atoms with Crippen molar-refractivity contribution >= 4 is 12.2 Å². The molecule has 11 heavy (non-hydrogen) atoms. The molecule has 0 bridgehead atoms. The van der Waals surface area contributed by atoms with Crippen molar-refractivity contribution in [1.82, 2.24) is 9.55 Å². The second-order valence-corrected chi connectivity index (χ2v) is 3.63. The molecule has 0 aliphatic carbocycles. The van der Waals surface area contributed by atoms with E-state index in [0.29, 0.717) is 5.92 Å². The highest BCUT2D eigenvalue weighted by molar-refractivity contribution is 7.71. The van der Waals surface area contributed by atoms with Crippen LogP contribution in [0.5, 0.6) is 0 Å². The molecule has 0 spiro atoms. The summed E-state index contributed by atoms with van der Waals surface area (Å²) in [6.45, 7) is 4.41. The smallest absolute Gasteiger partial charge is 0.177 e. The molecular formula is C8H14N2S. The van der Waals surface area contributed by atoms with Gasteiger partial charge in [0.15, 0.2) is 4.77 Å². The largest absolute Gasteiger partial charge is 0.337 e. The van der Waals surface area contributed by atoms with Gasteiger partial charge < -0.3 is 9.55 Å². The van der Waals surface area contributed by atoms with Crippen molar-refractivity contribution in [3.05, 3.63) is 16.7 Å². The first-order valence-corrected chi connectivity index (χ1v) is 4.25. The normalized spacial score (nSPS) is 10.9. The molecule has 0 unspecified atom stereocenters. The Kier molecular flexibility index (Phi) is 2.49. The van der Waals surface area contributed by atoms with Gasteiger partial charge in [-0.05, 0) is 24.6 Å². The van der Waals surface area contributed by atoms with Gasteiger partial charge in [-0.25, -0.2) is 0 Å². The molecule has 0 radical (unpaired) electrons. The van der Waals surface area contributed by atoms with Gasteiger partial charge in [0.25, 0.3) is 0 Å². The molecule has 0 amide bonds. The fourth-order valence-corrected chi connectivity index (χ4v) is 1.26. The van der Waals surface area contributed by atoms with Crippen LogP contribution in [0.1, 0.15) is 19.5 Å². The van der Waals surface area contributed by atoms with E-state index in [1.807, 2.05) is 17.8 Å². The summed E-state index contributed by atoms with van der Waals surface area (Å²) in [6, 6.07) is 0. The zero-order chi connectivity index (χ0) is 8.43. The average Bonchev–Trinajstić information content (AvgIpc) is 2.18. The summed E-state index contributed by atoms with van der Waals surface area (Å²) in [5.74, 6) is 0.686. The van der Waals surface area contributed by atoms with Gasteiger partial charge in [-0.3, -0.25) is 0 Å². The lowest BCUT2D eigenvalue weighted by Gasteiger charge is -2.03. The minimum atomic E-state index is 0.686. The number of hydrogen-bond donors (Lipinski definition) is 1. The number of nitrogens with one attached hydrogen (secondary N) is 1. The van der Waals surface area contributed by atoms with E-state index in [9.17, 15) is 0 Å². The zero-order valence-corrected chi connectivity index (χ0v) is 8.03. The van der Waals surface area contributed by atoms with Crippen molar-refractivity contribution in [1.29, 1.82) is 0 Å². The lowest BCUT2D eigenvalue weighted by molar-refractivity contribution is 0.615. The molecule has 1 aromatic rings. The third kappa shape index (κ3) is 1.93. The van der Waals surface area contributed by atoms with Gasteiger partial charge in [-0.2, -0.15) is 0 Å². The molecule has 1 rings (SSSR count). The highest BCUT2D eigenvalue weighted by Crippen LogP contribution is 2.06. The number of rotatable bonds is 2. The quantitative estimate of drug-likeness (QED) is 0.675. The van der Waals surface area contributed by atoms with E-state index in [1.165, 1.54) is 5.69 Å². The maximum absolute atomic E-state index is 5.03. The van der Waals surface area contributed by atoms with E-state index in [0.717, 1.165) is 11.2 Å². The van der Waals surface area contributed by atoms with Crippen LogP contribution in [-0.2, 0) is 13.5 Å². The van der Waals surface area contributed by atoms with E-state index < -0.39 is 0 Å². The monoisotopic (exact) mass is 170 g/mol. The molecule has 0 aliphatic rings. The first-order valence-electron chi connectivity index (χ1n) is 3.84. The summed E-state index contributed by atoms with van der Waals surface area (Å²) in [6.07, 6.45) is 3.08. The maximum atomic E-state index is 5.03. The molecule has 0 atom stereocenters. The third-order valence-corrected chi connectivity index (χ3v) is 2.11. The van der Waals surface area contributed by atoms with E-state index in [4.69, 9.17) is 12.2 Å². The van der Waals surface area contributed by atoms with Crippen LogP contribution in [0.2, 0.25) is 0 Å². The molecule has 1 heterocycles. The zero-order valence-electron chi connectivity index (χ0n) is 7.22. The highest BCUT2D eigenvalue weighted by Gasteiger charge is 2.01. The van der Waals surface area contributed by atoms with Gasteiger partial charge in [-0.1, -0.05) is 13.8 Å². The van der Waals surface area contributed by atoms with Crippen molar-refractivity contribution in [3.63, 3.8) is 0 Å². The van der Waals surface area contributed by atoms with Gasteiger partial charge in [0, 0.05) is 18.9 Å². The lowest BCUT2D eigenvalue weighted by atomic mass is 10.1. The number of aromatic nitrogens is 2. The molecule has 0 aromatic carbocycles. The summed E-state index contributed by atoms with van der Waals surface area (Å²) >= 11 is 5.03. The Morgan fingerprint density at radius 1 is 1.64 bits per heavy atom. The second kappa shape index (κ2) is 3.22. The summed E-state index contributed by atoms with van der Waals surface area (Å²) in [5.41, 5.74) is 1.28. The lowest BCUT2D eigenvalue weighted by Crippen LogP contribution is -2.00. The number of aromatic amines is 1. The van der Waals surface area contributed by atoms with E-state index in [-0.39, 0.29) is 0 Å². The van der Waals surface area contributed by atoms with Crippen molar-refractivity contribution in [2.24, 2.45) is 13.0 Å². The Morgan fingerprint density at radius 2 is 2.27 bits per heavy atom. The van der Waals surface area contributed by atoms with Gasteiger partial charge in [0.05, 0.1) is 0 Å².